The van der Waals surface area contributed by atoms with E-state index in [9.17, 15) is 4.79 Å². The molecule has 0 bridgehead atoms. The Kier molecular flexibility index (Phi) is 8.12. The number of nitrogens with zero attached hydrogens (tertiary/aromatic N) is 3. The van der Waals surface area contributed by atoms with Crippen molar-refractivity contribution in [2.45, 2.75) is 20.8 Å². The number of nitrogens with one attached hydrogen (secondary N) is 1. The van der Waals surface area contributed by atoms with Crippen LogP contribution >= 0.6 is 23.7 Å². The number of benzene rings is 2. The molecule has 2 aromatic carbocycles. The summed E-state index contributed by atoms with van der Waals surface area (Å²) in [5.41, 5.74) is 2.51. The van der Waals surface area contributed by atoms with Crippen molar-refractivity contribution in [3.05, 3.63) is 54.2 Å². The molecule has 8 heteroatoms. The van der Waals surface area contributed by atoms with Crippen molar-refractivity contribution in [1.29, 1.82) is 0 Å². The largest absolute Gasteiger partial charge is 0.494 e. The molecule has 0 spiro atoms. The number of fused-ring (bicyclic) bond motifs is 2. The first-order valence-electron chi connectivity index (χ1n) is 10.8. The lowest BCUT2D eigenvalue weighted by atomic mass is 10.1. The third-order valence-corrected chi connectivity index (χ3v) is 6.53. The normalized spacial score (nSPS) is 11.1. The molecule has 32 heavy (non-hydrogen) atoms. The van der Waals surface area contributed by atoms with Gasteiger partial charge in [0, 0.05) is 30.2 Å². The summed E-state index contributed by atoms with van der Waals surface area (Å²) < 4.78 is 6.65. The molecule has 0 aliphatic heterocycles. The van der Waals surface area contributed by atoms with Gasteiger partial charge in [0.25, 0.3) is 5.91 Å². The number of rotatable bonds is 9. The smallest absolute Gasteiger partial charge is 0.262 e. The van der Waals surface area contributed by atoms with Gasteiger partial charge in [0.15, 0.2) is 5.13 Å². The number of para-hydroxylation sites is 1. The number of carbonyl (C=O) groups is 1. The second-order valence-corrected chi connectivity index (χ2v) is 8.30. The van der Waals surface area contributed by atoms with Crippen LogP contribution in [0.15, 0.2) is 48.7 Å². The number of likely N-dealkylation sites (N-methyl/N-ethyl adjacent to an activating group) is 1. The van der Waals surface area contributed by atoms with Crippen molar-refractivity contribution in [2.24, 2.45) is 0 Å². The van der Waals surface area contributed by atoms with Gasteiger partial charge < -0.3 is 14.6 Å². The van der Waals surface area contributed by atoms with E-state index in [1.54, 1.807) is 6.20 Å². The Hall–Kier alpha value is -2.61. The van der Waals surface area contributed by atoms with Crippen molar-refractivity contribution < 1.29 is 9.53 Å². The van der Waals surface area contributed by atoms with Gasteiger partial charge in [-0.3, -0.25) is 9.69 Å². The molecule has 0 unspecified atom stereocenters. The molecule has 4 rings (SSSR count). The van der Waals surface area contributed by atoms with Crippen molar-refractivity contribution in [1.82, 2.24) is 14.9 Å². The van der Waals surface area contributed by atoms with Crippen molar-refractivity contribution >= 4 is 55.9 Å². The fourth-order valence-corrected chi connectivity index (χ4v) is 4.74. The van der Waals surface area contributed by atoms with Crippen LogP contribution in [0.1, 0.15) is 31.1 Å². The first-order chi connectivity index (χ1) is 15.1. The first kappa shape index (κ1) is 24.0. The van der Waals surface area contributed by atoms with Crippen LogP contribution in [-0.4, -0.2) is 53.6 Å². The van der Waals surface area contributed by atoms with Crippen LogP contribution in [-0.2, 0) is 0 Å². The Morgan fingerprint density at radius 2 is 1.88 bits per heavy atom. The van der Waals surface area contributed by atoms with Gasteiger partial charge in [0.2, 0.25) is 0 Å². The summed E-state index contributed by atoms with van der Waals surface area (Å²) in [6.07, 6.45) is 1.80. The highest BCUT2D eigenvalue weighted by molar-refractivity contribution is 7.22. The number of hydrogen-bond donors (Lipinski definition) is 1. The van der Waals surface area contributed by atoms with Crippen LogP contribution in [0.4, 0.5) is 5.13 Å². The molecule has 170 valence electrons. The van der Waals surface area contributed by atoms with E-state index >= 15 is 0 Å². The molecule has 4 aromatic rings. The van der Waals surface area contributed by atoms with Crippen LogP contribution in [0.5, 0.6) is 5.75 Å². The first-order valence-corrected chi connectivity index (χ1v) is 11.6. The molecule has 1 amide bonds. The highest BCUT2D eigenvalue weighted by Crippen LogP contribution is 2.33. The molecule has 0 radical (unpaired) electrons. The Bertz CT molecular complexity index is 1190. The third-order valence-electron chi connectivity index (χ3n) is 5.49. The van der Waals surface area contributed by atoms with Crippen molar-refractivity contribution in [3.63, 3.8) is 0 Å². The summed E-state index contributed by atoms with van der Waals surface area (Å²) in [7, 11) is 0. The van der Waals surface area contributed by atoms with Crippen LogP contribution in [0.3, 0.4) is 0 Å². The quantitative estimate of drug-likeness (QED) is 0.345. The van der Waals surface area contributed by atoms with Gasteiger partial charge in [-0.05, 0) is 44.3 Å². The maximum atomic E-state index is 13.7. The number of ether oxygens (including phenoxy) is 1. The minimum Gasteiger partial charge on any atom is -0.494 e. The maximum absolute atomic E-state index is 13.7. The number of anilines is 1. The second-order valence-electron chi connectivity index (χ2n) is 7.29. The van der Waals surface area contributed by atoms with Crippen LogP contribution in [0.2, 0.25) is 0 Å². The Morgan fingerprint density at radius 1 is 1.09 bits per heavy atom. The average molecular weight is 473 g/mol. The number of aromatic amines is 1. The second kappa shape index (κ2) is 10.8. The lowest BCUT2D eigenvalue weighted by molar-refractivity contribution is 0.0985. The predicted octanol–water partition coefficient (Wildman–Crippen LogP) is 5.59. The van der Waals surface area contributed by atoms with E-state index in [2.05, 4.69) is 23.7 Å². The van der Waals surface area contributed by atoms with E-state index in [1.165, 1.54) is 11.3 Å². The molecule has 0 aliphatic rings. The van der Waals surface area contributed by atoms with Gasteiger partial charge >= 0.3 is 0 Å². The van der Waals surface area contributed by atoms with Crippen LogP contribution in [0.25, 0.3) is 21.1 Å². The van der Waals surface area contributed by atoms with Crippen LogP contribution < -0.4 is 9.64 Å². The van der Waals surface area contributed by atoms with E-state index in [0.29, 0.717) is 23.8 Å². The fourth-order valence-electron chi connectivity index (χ4n) is 3.72. The molecule has 0 atom stereocenters. The highest BCUT2D eigenvalue weighted by atomic mass is 35.5. The molecule has 6 nitrogen and oxygen atoms in total. The number of aromatic nitrogens is 2. The van der Waals surface area contributed by atoms with Crippen LogP contribution in [0, 0.1) is 0 Å². The summed E-state index contributed by atoms with van der Waals surface area (Å²) >= 11 is 1.53. The van der Waals surface area contributed by atoms with E-state index in [0.717, 1.165) is 46.5 Å². The summed E-state index contributed by atoms with van der Waals surface area (Å²) in [5.74, 6) is 0.788. The molecule has 0 fully saturated rings. The number of thiazole rings is 1. The van der Waals surface area contributed by atoms with Crippen molar-refractivity contribution in [3.8, 4) is 5.75 Å². The lowest BCUT2D eigenvalue weighted by Gasteiger charge is -2.24. The Morgan fingerprint density at radius 3 is 2.62 bits per heavy atom. The minimum atomic E-state index is -0.0336. The number of halogens is 1. The van der Waals surface area contributed by atoms with Gasteiger partial charge in [0.05, 0.1) is 22.4 Å². The molecule has 0 saturated carbocycles. The molecule has 0 aliphatic carbocycles. The van der Waals surface area contributed by atoms with Gasteiger partial charge in [-0.1, -0.05) is 43.4 Å². The van der Waals surface area contributed by atoms with E-state index < -0.39 is 0 Å². The topological polar surface area (TPSA) is 61.5 Å². The number of carbonyl (C=O) groups excluding carboxylic acids is 1. The van der Waals surface area contributed by atoms with Gasteiger partial charge in [-0.2, -0.15) is 0 Å². The van der Waals surface area contributed by atoms with Gasteiger partial charge in [0.1, 0.15) is 5.75 Å². The molecule has 0 saturated heterocycles. The standard InChI is InChI=1S/C24H28N4O2S.ClH/c1-4-27(5-2)13-14-28(23(29)19-16-25-20-10-8-7-9-18(19)20)24-26-21-12-11-17(30-6-3)15-22(21)31-24;/h7-12,15-16,25H,4-6,13-14H2,1-3H3;1H. The third kappa shape index (κ3) is 4.90. The zero-order valence-electron chi connectivity index (χ0n) is 18.6. The molecule has 1 N–H and O–H groups in total. The number of H-pyrrole nitrogens is 1. The maximum Gasteiger partial charge on any atom is 0.262 e. The molecular formula is C24H29ClN4O2S. The summed E-state index contributed by atoms with van der Waals surface area (Å²) in [6, 6.07) is 13.8. The zero-order chi connectivity index (χ0) is 21.8. The average Bonchev–Trinajstić information content (AvgIpc) is 3.40. The minimum absolute atomic E-state index is 0. The lowest BCUT2D eigenvalue weighted by Crippen LogP contribution is -2.38. The summed E-state index contributed by atoms with van der Waals surface area (Å²) in [6.45, 7) is 10.1. The molecular weight excluding hydrogens is 444 g/mol. The Labute approximate surface area is 198 Å². The van der Waals surface area contributed by atoms with E-state index in [4.69, 9.17) is 9.72 Å². The zero-order valence-corrected chi connectivity index (χ0v) is 20.3. The van der Waals surface area contributed by atoms with Gasteiger partial charge in [-0.15, -0.1) is 12.4 Å². The summed E-state index contributed by atoms with van der Waals surface area (Å²) in [5, 5.41) is 1.64. The predicted molar refractivity (Wildman–Crippen MR) is 136 cm³/mol. The monoisotopic (exact) mass is 472 g/mol. The van der Waals surface area contributed by atoms with Crippen molar-refractivity contribution in [2.75, 3.05) is 37.7 Å². The number of amides is 1. The van der Waals surface area contributed by atoms with Gasteiger partial charge in [-0.25, -0.2) is 4.98 Å². The molecule has 2 heterocycles. The fraction of sp³-hybridized carbons (Fsp3) is 0.333. The summed E-state index contributed by atoms with van der Waals surface area (Å²) in [4.78, 5) is 25.8. The van der Waals surface area contributed by atoms with E-state index in [-0.39, 0.29) is 18.3 Å². The highest BCUT2D eigenvalue weighted by Gasteiger charge is 2.24. The molecule has 2 aromatic heterocycles. The Balaban J connectivity index is 0.00000289. The number of hydrogen-bond acceptors (Lipinski definition) is 5. The SMILES string of the molecule is CCOc1ccc2nc(N(CCN(CC)CC)C(=O)c3c[nH]c4ccccc34)sc2c1.Cl. The van der Waals surface area contributed by atoms with E-state index in [1.807, 2.05) is 54.3 Å².